The Bertz CT molecular complexity index is 564. The molecule has 2 heterocycles. The number of aromatic nitrogens is 3. The summed E-state index contributed by atoms with van der Waals surface area (Å²) in [5.74, 6) is 1.79. The van der Waals surface area contributed by atoms with Gasteiger partial charge in [0.1, 0.15) is 17.8 Å². The van der Waals surface area contributed by atoms with Gasteiger partial charge in [0, 0.05) is 12.7 Å². The van der Waals surface area contributed by atoms with Crippen molar-refractivity contribution >= 4 is 23.1 Å². The van der Waals surface area contributed by atoms with Crippen LogP contribution in [-0.2, 0) is 0 Å². The van der Waals surface area contributed by atoms with Crippen LogP contribution in [0, 0.1) is 6.92 Å². The molecule has 2 aromatic rings. The first-order chi connectivity index (χ1) is 9.20. The number of nitrogens with one attached hydrogen (secondary N) is 2. The monoisotopic (exact) mass is 256 g/mol. The molecule has 0 atom stereocenters. The molecule has 0 unspecified atom stereocenters. The molecule has 2 rings (SSSR count). The Labute approximate surface area is 111 Å². The van der Waals surface area contributed by atoms with Gasteiger partial charge in [0.05, 0.1) is 0 Å². The molecule has 0 radical (unpaired) electrons. The van der Waals surface area contributed by atoms with E-state index < -0.39 is 0 Å². The van der Waals surface area contributed by atoms with Crippen molar-refractivity contribution in [3.63, 3.8) is 0 Å². The van der Waals surface area contributed by atoms with E-state index in [1.807, 2.05) is 19.1 Å². The van der Waals surface area contributed by atoms with Gasteiger partial charge in [-0.3, -0.25) is 0 Å². The van der Waals surface area contributed by atoms with Crippen LogP contribution in [0.1, 0.15) is 5.56 Å². The summed E-state index contributed by atoms with van der Waals surface area (Å²) in [5.41, 5.74) is 7.53. The zero-order chi connectivity index (χ0) is 13.7. The number of aryl methyl sites for hydroxylation is 1. The molecule has 0 fully saturated rings. The number of rotatable bonds is 5. The standard InChI is InChI=1S/C13H16N6/c1-3-6-15-12-11(14)13(18-8-17-12)19-10-5-4-9(2)7-16-10/h3-5,7-8H,1,6,14H2,2H3,(H2,15,16,17,18,19). The van der Waals surface area contributed by atoms with E-state index in [0.717, 1.165) is 5.56 Å². The van der Waals surface area contributed by atoms with E-state index in [4.69, 9.17) is 5.73 Å². The molecule has 4 N–H and O–H groups in total. The second kappa shape index (κ2) is 5.81. The van der Waals surface area contributed by atoms with Gasteiger partial charge in [0.2, 0.25) is 0 Å². The lowest BCUT2D eigenvalue weighted by atomic mass is 10.3. The van der Waals surface area contributed by atoms with Gasteiger partial charge in [-0.1, -0.05) is 12.1 Å². The number of nitrogens with two attached hydrogens (primary N) is 1. The Morgan fingerprint density at radius 3 is 2.74 bits per heavy atom. The zero-order valence-corrected chi connectivity index (χ0v) is 10.7. The number of nitrogen functional groups attached to an aromatic ring is 1. The minimum absolute atomic E-state index is 0.451. The molecule has 2 aromatic heterocycles. The maximum atomic E-state index is 5.99. The summed E-state index contributed by atoms with van der Waals surface area (Å²) in [7, 11) is 0. The Hall–Kier alpha value is -2.63. The van der Waals surface area contributed by atoms with Crippen LogP contribution in [0.4, 0.5) is 23.1 Å². The maximum Gasteiger partial charge on any atom is 0.160 e. The predicted molar refractivity (Wildman–Crippen MR) is 77.4 cm³/mol. The van der Waals surface area contributed by atoms with Crippen LogP contribution in [0.5, 0.6) is 0 Å². The quantitative estimate of drug-likeness (QED) is 0.710. The average Bonchev–Trinajstić information content (AvgIpc) is 2.42. The van der Waals surface area contributed by atoms with Gasteiger partial charge in [-0.25, -0.2) is 15.0 Å². The summed E-state index contributed by atoms with van der Waals surface area (Å²) in [6.07, 6.45) is 4.95. The van der Waals surface area contributed by atoms with Crippen LogP contribution in [0.15, 0.2) is 37.3 Å². The summed E-state index contributed by atoms with van der Waals surface area (Å²) in [6, 6.07) is 3.83. The van der Waals surface area contributed by atoms with E-state index in [9.17, 15) is 0 Å². The molecule has 0 amide bonds. The van der Waals surface area contributed by atoms with Crippen molar-refractivity contribution < 1.29 is 0 Å². The molecule has 0 saturated carbocycles. The van der Waals surface area contributed by atoms with E-state index in [1.54, 1.807) is 12.3 Å². The van der Waals surface area contributed by atoms with Crippen LogP contribution in [0.3, 0.4) is 0 Å². The van der Waals surface area contributed by atoms with Crippen LogP contribution in [0.25, 0.3) is 0 Å². The summed E-state index contributed by atoms with van der Waals surface area (Å²) in [4.78, 5) is 12.4. The molecule has 0 bridgehead atoms. The fourth-order valence-electron chi connectivity index (χ4n) is 1.47. The van der Waals surface area contributed by atoms with Gasteiger partial charge in [-0.05, 0) is 18.6 Å². The molecule has 0 saturated heterocycles. The van der Waals surface area contributed by atoms with Crippen LogP contribution in [0.2, 0.25) is 0 Å². The van der Waals surface area contributed by atoms with Gasteiger partial charge < -0.3 is 16.4 Å². The molecule has 0 aliphatic heterocycles. The van der Waals surface area contributed by atoms with Gasteiger partial charge in [0.15, 0.2) is 11.6 Å². The minimum Gasteiger partial charge on any atom is -0.393 e. The molecular weight excluding hydrogens is 240 g/mol. The minimum atomic E-state index is 0.451. The largest absolute Gasteiger partial charge is 0.393 e. The highest BCUT2D eigenvalue weighted by atomic mass is 15.1. The number of hydrogen-bond donors (Lipinski definition) is 3. The first-order valence-electron chi connectivity index (χ1n) is 5.85. The molecule has 98 valence electrons. The number of anilines is 4. The van der Waals surface area contributed by atoms with Gasteiger partial charge in [-0.15, -0.1) is 6.58 Å². The van der Waals surface area contributed by atoms with Crippen molar-refractivity contribution in [3.8, 4) is 0 Å². The van der Waals surface area contributed by atoms with E-state index in [-0.39, 0.29) is 0 Å². The highest BCUT2D eigenvalue weighted by Crippen LogP contribution is 2.24. The first-order valence-corrected chi connectivity index (χ1v) is 5.85. The lowest BCUT2D eigenvalue weighted by molar-refractivity contribution is 1.14. The van der Waals surface area contributed by atoms with E-state index >= 15 is 0 Å². The number of nitrogens with zero attached hydrogens (tertiary/aromatic N) is 3. The summed E-state index contributed by atoms with van der Waals surface area (Å²) in [5, 5.41) is 6.11. The zero-order valence-electron chi connectivity index (χ0n) is 10.7. The highest BCUT2D eigenvalue weighted by Gasteiger charge is 2.07. The first kappa shape index (κ1) is 12.8. The molecule has 19 heavy (non-hydrogen) atoms. The van der Waals surface area contributed by atoms with Crippen molar-refractivity contribution in [2.45, 2.75) is 6.92 Å². The van der Waals surface area contributed by atoms with E-state index in [1.165, 1.54) is 6.33 Å². The van der Waals surface area contributed by atoms with Gasteiger partial charge in [-0.2, -0.15) is 0 Å². The van der Waals surface area contributed by atoms with Crippen LogP contribution >= 0.6 is 0 Å². The Morgan fingerprint density at radius 1 is 1.26 bits per heavy atom. The lowest BCUT2D eigenvalue weighted by Crippen LogP contribution is -2.08. The third kappa shape index (κ3) is 3.19. The second-order valence-electron chi connectivity index (χ2n) is 4.00. The third-order valence-corrected chi connectivity index (χ3v) is 2.46. The maximum absolute atomic E-state index is 5.99. The molecule has 0 aliphatic rings. The average molecular weight is 256 g/mol. The summed E-state index contributed by atoms with van der Waals surface area (Å²) >= 11 is 0. The molecule has 6 nitrogen and oxygen atoms in total. The Kier molecular flexibility index (Phi) is 3.92. The fraction of sp³-hybridized carbons (Fsp3) is 0.154. The van der Waals surface area contributed by atoms with Crippen molar-refractivity contribution in [3.05, 3.63) is 42.9 Å². The molecule has 0 aliphatic carbocycles. The molecule has 0 spiro atoms. The van der Waals surface area contributed by atoms with Crippen molar-refractivity contribution in [1.29, 1.82) is 0 Å². The normalized spacial score (nSPS) is 9.95. The number of pyridine rings is 1. The predicted octanol–water partition coefficient (Wildman–Crippen LogP) is 2.10. The van der Waals surface area contributed by atoms with Crippen LogP contribution < -0.4 is 16.4 Å². The Morgan fingerprint density at radius 2 is 2.05 bits per heavy atom. The third-order valence-electron chi connectivity index (χ3n) is 2.46. The lowest BCUT2D eigenvalue weighted by Gasteiger charge is -2.11. The molecular formula is C13H16N6. The smallest absolute Gasteiger partial charge is 0.160 e. The highest BCUT2D eigenvalue weighted by molar-refractivity contribution is 5.76. The molecule has 6 heteroatoms. The van der Waals surface area contributed by atoms with Crippen molar-refractivity contribution in [1.82, 2.24) is 15.0 Å². The van der Waals surface area contributed by atoms with Gasteiger partial charge >= 0.3 is 0 Å². The van der Waals surface area contributed by atoms with Crippen molar-refractivity contribution in [2.75, 3.05) is 22.9 Å². The van der Waals surface area contributed by atoms with Gasteiger partial charge in [0.25, 0.3) is 0 Å². The summed E-state index contributed by atoms with van der Waals surface area (Å²) < 4.78 is 0. The Balaban J connectivity index is 2.20. The van der Waals surface area contributed by atoms with E-state index in [2.05, 4.69) is 32.2 Å². The number of hydrogen-bond acceptors (Lipinski definition) is 6. The topological polar surface area (TPSA) is 88.8 Å². The summed E-state index contributed by atoms with van der Waals surface area (Å²) in [6.45, 7) is 6.20. The molecule has 0 aromatic carbocycles. The fourth-order valence-corrected chi connectivity index (χ4v) is 1.47. The van der Waals surface area contributed by atoms with Crippen LogP contribution in [-0.4, -0.2) is 21.5 Å². The SMILES string of the molecule is C=CCNc1ncnc(Nc2ccc(C)cn2)c1N. The van der Waals surface area contributed by atoms with Crippen molar-refractivity contribution in [2.24, 2.45) is 0 Å². The van der Waals surface area contributed by atoms with E-state index in [0.29, 0.717) is 29.7 Å². The second-order valence-corrected chi connectivity index (χ2v) is 4.00.